The Balaban J connectivity index is 2.07. The van der Waals surface area contributed by atoms with Gasteiger partial charge in [-0.1, -0.05) is 12.1 Å². The molecule has 1 aliphatic rings. The Morgan fingerprint density at radius 1 is 1.53 bits per heavy atom. The van der Waals surface area contributed by atoms with Crippen LogP contribution in [0.1, 0.15) is 11.7 Å². The maximum absolute atomic E-state index is 11.2. The monoisotopic (exact) mass is 238 g/mol. The highest BCUT2D eigenvalue weighted by Gasteiger charge is 2.22. The fourth-order valence-corrected chi connectivity index (χ4v) is 1.48. The lowest BCUT2D eigenvalue weighted by Crippen LogP contribution is -2.38. The van der Waals surface area contributed by atoms with Gasteiger partial charge in [0.15, 0.2) is 6.10 Å². The van der Waals surface area contributed by atoms with Crippen LogP contribution in [0.15, 0.2) is 24.3 Å². The molecule has 1 aliphatic heterocycles. The van der Waals surface area contributed by atoms with Gasteiger partial charge in [-0.05, 0) is 17.7 Å². The first-order valence-electron chi connectivity index (χ1n) is 5.31. The molecule has 1 heterocycles. The molecule has 92 valence electrons. The van der Waals surface area contributed by atoms with Crippen molar-refractivity contribution in [1.29, 1.82) is 0 Å². The number of benzene rings is 1. The predicted octanol–water partition coefficient (Wildman–Crippen LogP) is 0.671. The minimum Gasteiger partial charge on any atom is -0.486 e. The van der Waals surface area contributed by atoms with E-state index in [9.17, 15) is 9.90 Å². The SMILES string of the molecule is COC(=O)C(O)c1cccc(OC2COC2)c1. The standard InChI is InChI=1S/C12H14O5/c1-15-12(14)11(13)8-3-2-4-9(5-8)17-10-6-16-7-10/h2-5,10-11,13H,6-7H2,1H3. The van der Waals surface area contributed by atoms with Crippen molar-refractivity contribution < 1.29 is 24.1 Å². The molecule has 5 heteroatoms. The summed E-state index contributed by atoms with van der Waals surface area (Å²) >= 11 is 0. The lowest BCUT2D eigenvalue weighted by atomic mass is 10.1. The van der Waals surface area contributed by atoms with Crippen molar-refractivity contribution in [1.82, 2.24) is 0 Å². The number of carbonyl (C=O) groups excluding carboxylic acids is 1. The third-order valence-electron chi connectivity index (χ3n) is 2.51. The quantitative estimate of drug-likeness (QED) is 0.781. The lowest BCUT2D eigenvalue weighted by molar-refractivity contribution is -0.150. The maximum atomic E-state index is 11.2. The Hall–Kier alpha value is -1.59. The van der Waals surface area contributed by atoms with Crippen molar-refractivity contribution >= 4 is 5.97 Å². The van der Waals surface area contributed by atoms with Crippen molar-refractivity contribution in [3.8, 4) is 5.75 Å². The van der Waals surface area contributed by atoms with Crippen LogP contribution in [0.2, 0.25) is 0 Å². The van der Waals surface area contributed by atoms with Gasteiger partial charge in [-0.3, -0.25) is 0 Å². The number of esters is 1. The van der Waals surface area contributed by atoms with Gasteiger partial charge in [-0.25, -0.2) is 4.79 Å². The van der Waals surface area contributed by atoms with Gasteiger partial charge in [0.05, 0.1) is 20.3 Å². The summed E-state index contributed by atoms with van der Waals surface area (Å²) in [5.74, 6) is -0.0760. The second-order valence-corrected chi connectivity index (χ2v) is 3.78. The number of aliphatic hydroxyl groups is 1. The van der Waals surface area contributed by atoms with E-state index in [1.54, 1.807) is 24.3 Å². The molecular formula is C12H14O5. The van der Waals surface area contributed by atoms with Crippen molar-refractivity contribution in [2.45, 2.75) is 12.2 Å². The van der Waals surface area contributed by atoms with Crippen LogP contribution < -0.4 is 4.74 Å². The topological polar surface area (TPSA) is 65.0 Å². The average Bonchev–Trinajstić information content (AvgIpc) is 2.32. The number of hydrogen-bond acceptors (Lipinski definition) is 5. The maximum Gasteiger partial charge on any atom is 0.339 e. The molecule has 0 spiro atoms. The summed E-state index contributed by atoms with van der Waals surface area (Å²) in [5.41, 5.74) is 0.453. The Bertz CT molecular complexity index is 400. The van der Waals surface area contributed by atoms with Crippen LogP contribution in [0.25, 0.3) is 0 Å². The highest BCUT2D eigenvalue weighted by molar-refractivity contribution is 5.76. The molecule has 1 aromatic carbocycles. The molecule has 0 radical (unpaired) electrons. The zero-order valence-electron chi connectivity index (χ0n) is 9.46. The number of hydrogen-bond donors (Lipinski definition) is 1. The van der Waals surface area contributed by atoms with Crippen LogP contribution in [0.5, 0.6) is 5.75 Å². The van der Waals surface area contributed by atoms with Crippen LogP contribution in [0.4, 0.5) is 0 Å². The molecule has 1 unspecified atom stereocenters. The van der Waals surface area contributed by atoms with E-state index in [0.717, 1.165) is 0 Å². The van der Waals surface area contributed by atoms with Gasteiger partial charge in [-0.2, -0.15) is 0 Å². The number of methoxy groups -OCH3 is 1. The van der Waals surface area contributed by atoms with Gasteiger partial charge in [0.1, 0.15) is 11.9 Å². The van der Waals surface area contributed by atoms with Crippen molar-refractivity contribution in [2.75, 3.05) is 20.3 Å². The van der Waals surface area contributed by atoms with E-state index in [2.05, 4.69) is 4.74 Å². The van der Waals surface area contributed by atoms with E-state index < -0.39 is 12.1 Å². The number of aliphatic hydroxyl groups excluding tert-OH is 1. The van der Waals surface area contributed by atoms with E-state index >= 15 is 0 Å². The van der Waals surface area contributed by atoms with Crippen molar-refractivity contribution in [3.05, 3.63) is 29.8 Å². The molecule has 1 N–H and O–H groups in total. The number of carbonyl (C=O) groups is 1. The second-order valence-electron chi connectivity index (χ2n) is 3.78. The van der Waals surface area contributed by atoms with Gasteiger partial charge in [0, 0.05) is 0 Å². The summed E-state index contributed by atoms with van der Waals surface area (Å²) in [4.78, 5) is 11.2. The molecule has 1 atom stereocenters. The Labute approximate surface area is 98.9 Å². The van der Waals surface area contributed by atoms with Crippen LogP contribution in [0, 0.1) is 0 Å². The van der Waals surface area contributed by atoms with E-state index in [-0.39, 0.29) is 6.10 Å². The molecule has 0 aliphatic carbocycles. The number of rotatable bonds is 4. The first-order valence-corrected chi connectivity index (χ1v) is 5.31. The first-order chi connectivity index (χ1) is 8.20. The van der Waals surface area contributed by atoms with E-state index in [4.69, 9.17) is 9.47 Å². The summed E-state index contributed by atoms with van der Waals surface area (Å²) < 4.78 is 15.0. The van der Waals surface area contributed by atoms with E-state index in [1.807, 2.05) is 0 Å². The summed E-state index contributed by atoms with van der Waals surface area (Å²) in [5, 5.41) is 9.66. The molecular weight excluding hydrogens is 224 g/mol. The zero-order valence-corrected chi connectivity index (χ0v) is 9.46. The second kappa shape index (κ2) is 5.16. The smallest absolute Gasteiger partial charge is 0.339 e. The van der Waals surface area contributed by atoms with E-state index in [0.29, 0.717) is 24.5 Å². The fourth-order valence-electron chi connectivity index (χ4n) is 1.48. The van der Waals surface area contributed by atoms with Crippen LogP contribution in [-0.2, 0) is 14.3 Å². The van der Waals surface area contributed by atoms with E-state index in [1.165, 1.54) is 7.11 Å². The highest BCUT2D eigenvalue weighted by Crippen LogP contribution is 2.22. The summed E-state index contributed by atoms with van der Waals surface area (Å²) in [7, 11) is 1.23. The van der Waals surface area contributed by atoms with Gasteiger partial charge in [0.25, 0.3) is 0 Å². The molecule has 0 amide bonds. The molecule has 5 nitrogen and oxygen atoms in total. The molecule has 0 aromatic heterocycles. The fraction of sp³-hybridized carbons (Fsp3) is 0.417. The van der Waals surface area contributed by atoms with Crippen molar-refractivity contribution in [3.63, 3.8) is 0 Å². The molecule has 1 saturated heterocycles. The molecule has 1 aromatic rings. The molecule has 2 rings (SSSR count). The Kier molecular flexibility index (Phi) is 3.61. The Morgan fingerprint density at radius 2 is 2.29 bits per heavy atom. The Morgan fingerprint density at radius 3 is 2.88 bits per heavy atom. The average molecular weight is 238 g/mol. The minimum atomic E-state index is -1.28. The lowest BCUT2D eigenvalue weighted by Gasteiger charge is -2.27. The molecule has 0 saturated carbocycles. The van der Waals surface area contributed by atoms with Gasteiger partial charge in [0.2, 0.25) is 0 Å². The summed E-state index contributed by atoms with van der Waals surface area (Å²) in [6, 6.07) is 6.76. The molecule has 1 fully saturated rings. The van der Waals surface area contributed by atoms with Gasteiger partial charge < -0.3 is 19.3 Å². The number of ether oxygens (including phenoxy) is 3. The minimum absolute atomic E-state index is 0.0560. The summed E-state index contributed by atoms with van der Waals surface area (Å²) in [6.45, 7) is 1.15. The normalized spacial score (nSPS) is 17.1. The molecule has 17 heavy (non-hydrogen) atoms. The third-order valence-corrected chi connectivity index (χ3v) is 2.51. The summed E-state index contributed by atoms with van der Waals surface area (Å²) in [6.07, 6.45) is -1.22. The van der Waals surface area contributed by atoms with Gasteiger partial charge >= 0.3 is 5.97 Å². The molecule has 0 bridgehead atoms. The zero-order chi connectivity index (χ0) is 12.3. The predicted molar refractivity (Wildman–Crippen MR) is 58.7 cm³/mol. The van der Waals surface area contributed by atoms with Crippen LogP contribution in [-0.4, -0.2) is 37.5 Å². The van der Waals surface area contributed by atoms with Crippen molar-refractivity contribution in [2.24, 2.45) is 0 Å². The van der Waals surface area contributed by atoms with Crippen LogP contribution >= 0.6 is 0 Å². The third kappa shape index (κ3) is 2.75. The largest absolute Gasteiger partial charge is 0.486 e. The van der Waals surface area contributed by atoms with Crippen LogP contribution in [0.3, 0.4) is 0 Å². The van der Waals surface area contributed by atoms with Gasteiger partial charge in [-0.15, -0.1) is 0 Å². The highest BCUT2D eigenvalue weighted by atomic mass is 16.6. The first kappa shape index (κ1) is 11.9.